The summed E-state index contributed by atoms with van der Waals surface area (Å²) in [5.74, 6) is 1.37. The first kappa shape index (κ1) is 7.85. The fraction of sp³-hybridized carbons (Fsp3) is 0.500. The van der Waals surface area contributed by atoms with Gasteiger partial charge in [-0.05, 0) is 12.3 Å². The third kappa shape index (κ3) is 1.06. The molecule has 0 aromatic rings. The van der Waals surface area contributed by atoms with Gasteiger partial charge in [-0.15, -0.1) is 0 Å². The van der Waals surface area contributed by atoms with E-state index in [0.29, 0.717) is 11.8 Å². The summed E-state index contributed by atoms with van der Waals surface area (Å²) in [4.78, 5) is 0. The molecule has 64 valence electrons. The van der Waals surface area contributed by atoms with Crippen molar-refractivity contribution in [2.45, 2.75) is 26.7 Å². The second-order valence-corrected chi connectivity index (χ2v) is 3.79. The van der Waals surface area contributed by atoms with Crippen molar-refractivity contribution in [3.05, 3.63) is 35.5 Å². The summed E-state index contributed by atoms with van der Waals surface area (Å²) in [6.07, 6.45) is 11.8. The molecule has 0 aliphatic heterocycles. The zero-order chi connectivity index (χ0) is 8.55. The van der Waals surface area contributed by atoms with Crippen LogP contribution in [0.15, 0.2) is 35.5 Å². The molecule has 0 spiro atoms. The molecular weight excluding hydrogens is 144 g/mol. The topological polar surface area (TPSA) is 0 Å². The monoisotopic (exact) mass is 160 g/mol. The summed E-state index contributed by atoms with van der Waals surface area (Å²) < 4.78 is 0. The van der Waals surface area contributed by atoms with Gasteiger partial charge in [-0.25, -0.2) is 0 Å². The van der Waals surface area contributed by atoms with Crippen molar-refractivity contribution in [2.24, 2.45) is 11.8 Å². The fourth-order valence-electron chi connectivity index (χ4n) is 2.27. The van der Waals surface area contributed by atoms with Crippen LogP contribution in [0.3, 0.4) is 0 Å². The van der Waals surface area contributed by atoms with E-state index >= 15 is 0 Å². The Morgan fingerprint density at radius 3 is 2.92 bits per heavy atom. The van der Waals surface area contributed by atoms with Crippen molar-refractivity contribution in [3.63, 3.8) is 0 Å². The Bertz CT molecular complexity index is 266. The van der Waals surface area contributed by atoms with Gasteiger partial charge in [0.15, 0.2) is 0 Å². The van der Waals surface area contributed by atoms with E-state index in [9.17, 15) is 0 Å². The van der Waals surface area contributed by atoms with Gasteiger partial charge in [-0.3, -0.25) is 0 Å². The Morgan fingerprint density at radius 2 is 2.25 bits per heavy atom. The first-order valence-corrected chi connectivity index (χ1v) is 4.91. The first-order valence-electron chi connectivity index (χ1n) is 4.91. The van der Waals surface area contributed by atoms with E-state index in [-0.39, 0.29) is 0 Å². The van der Waals surface area contributed by atoms with Crippen LogP contribution in [-0.4, -0.2) is 0 Å². The Labute approximate surface area is 74.7 Å². The second kappa shape index (κ2) is 2.93. The Morgan fingerprint density at radius 1 is 1.42 bits per heavy atom. The molecule has 2 aliphatic carbocycles. The molecule has 2 aliphatic rings. The minimum absolute atomic E-state index is 0.654. The summed E-state index contributed by atoms with van der Waals surface area (Å²) in [7, 11) is 0. The largest absolute Gasteiger partial charge is 0.0737 e. The van der Waals surface area contributed by atoms with Crippen molar-refractivity contribution >= 4 is 0 Å². The molecule has 1 unspecified atom stereocenters. The highest BCUT2D eigenvalue weighted by Gasteiger charge is 2.27. The quantitative estimate of drug-likeness (QED) is 0.542. The predicted molar refractivity (Wildman–Crippen MR) is 52.9 cm³/mol. The number of hydrogen-bond acceptors (Lipinski definition) is 0. The van der Waals surface area contributed by atoms with Gasteiger partial charge in [0, 0.05) is 5.92 Å². The average Bonchev–Trinajstić information content (AvgIpc) is 2.58. The number of allylic oxidation sites excluding steroid dienone is 6. The Hall–Kier alpha value is -0.780. The maximum Gasteiger partial charge on any atom is 0.0172 e. The lowest BCUT2D eigenvalue weighted by Crippen LogP contribution is -1.97. The third-order valence-electron chi connectivity index (χ3n) is 2.98. The Kier molecular flexibility index (Phi) is 1.92. The van der Waals surface area contributed by atoms with Crippen LogP contribution in [0.25, 0.3) is 0 Å². The summed E-state index contributed by atoms with van der Waals surface area (Å²) >= 11 is 0. The van der Waals surface area contributed by atoms with E-state index in [1.54, 1.807) is 11.1 Å². The molecule has 0 radical (unpaired) electrons. The molecule has 0 aromatic carbocycles. The molecule has 2 atom stereocenters. The molecular formula is C12H16. The van der Waals surface area contributed by atoms with Gasteiger partial charge < -0.3 is 0 Å². The molecule has 0 heteroatoms. The van der Waals surface area contributed by atoms with E-state index in [0.717, 1.165) is 0 Å². The van der Waals surface area contributed by atoms with Gasteiger partial charge in [-0.2, -0.15) is 0 Å². The van der Waals surface area contributed by atoms with Gasteiger partial charge in [-0.1, -0.05) is 55.7 Å². The lowest BCUT2D eigenvalue weighted by Gasteiger charge is -2.10. The zero-order valence-corrected chi connectivity index (χ0v) is 7.88. The summed E-state index contributed by atoms with van der Waals surface area (Å²) in [6, 6.07) is 0. The van der Waals surface area contributed by atoms with Crippen LogP contribution in [0.1, 0.15) is 26.7 Å². The standard InChI is InChI=1S/C12H16/c1-3-5-10-8-11-6-4-7-12(11)9(10)2/h4,6-9,11H,3,5H2,1-2H3/t9-,11?/m0/s1. The molecule has 0 heterocycles. The zero-order valence-electron chi connectivity index (χ0n) is 7.88. The Balaban J connectivity index is 2.18. The lowest BCUT2D eigenvalue weighted by molar-refractivity contribution is 0.738. The minimum atomic E-state index is 0.654. The average molecular weight is 160 g/mol. The second-order valence-electron chi connectivity index (χ2n) is 3.79. The van der Waals surface area contributed by atoms with Gasteiger partial charge >= 0.3 is 0 Å². The maximum absolute atomic E-state index is 2.45. The molecule has 0 bridgehead atoms. The van der Waals surface area contributed by atoms with Gasteiger partial charge in [0.25, 0.3) is 0 Å². The van der Waals surface area contributed by atoms with Crippen LogP contribution < -0.4 is 0 Å². The summed E-state index contributed by atoms with van der Waals surface area (Å²) in [5.41, 5.74) is 3.26. The van der Waals surface area contributed by atoms with Gasteiger partial charge in [0.05, 0.1) is 0 Å². The van der Waals surface area contributed by atoms with Crippen molar-refractivity contribution in [1.82, 2.24) is 0 Å². The molecule has 0 aromatic heterocycles. The number of rotatable bonds is 2. The van der Waals surface area contributed by atoms with Gasteiger partial charge in [0.1, 0.15) is 0 Å². The molecule has 2 rings (SSSR count). The molecule has 0 nitrogen and oxygen atoms in total. The predicted octanol–water partition coefficient (Wildman–Crippen LogP) is 3.48. The number of hydrogen-bond donors (Lipinski definition) is 0. The molecule has 0 saturated carbocycles. The van der Waals surface area contributed by atoms with Gasteiger partial charge in [0.2, 0.25) is 0 Å². The molecule has 0 saturated heterocycles. The molecule has 0 amide bonds. The number of fused-ring (bicyclic) bond motifs is 1. The molecule has 0 fully saturated rings. The summed E-state index contributed by atoms with van der Waals surface area (Å²) in [6.45, 7) is 4.59. The molecule has 12 heavy (non-hydrogen) atoms. The fourth-order valence-corrected chi connectivity index (χ4v) is 2.27. The van der Waals surface area contributed by atoms with E-state index in [1.807, 2.05) is 0 Å². The highest BCUT2D eigenvalue weighted by molar-refractivity contribution is 5.43. The highest BCUT2D eigenvalue weighted by Crippen LogP contribution is 2.40. The highest BCUT2D eigenvalue weighted by atomic mass is 14.3. The van der Waals surface area contributed by atoms with E-state index in [1.165, 1.54) is 12.8 Å². The molecule has 0 N–H and O–H groups in total. The van der Waals surface area contributed by atoms with Crippen molar-refractivity contribution in [3.8, 4) is 0 Å². The van der Waals surface area contributed by atoms with Crippen LogP contribution in [0.5, 0.6) is 0 Å². The van der Waals surface area contributed by atoms with E-state index in [2.05, 4.69) is 38.2 Å². The smallest absolute Gasteiger partial charge is 0.0172 e. The minimum Gasteiger partial charge on any atom is -0.0737 e. The summed E-state index contributed by atoms with van der Waals surface area (Å²) in [5, 5.41) is 0. The third-order valence-corrected chi connectivity index (χ3v) is 2.98. The van der Waals surface area contributed by atoms with Crippen molar-refractivity contribution in [1.29, 1.82) is 0 Å². The lowest BCUT2D eigenvalue weighted by atomic mass is 9.95. The van der Waals surface area contributed by atoms with Crippen molar-refractivity contribution < 1.29 is 0 Å². The van der Waals surface area contributed by atoms with E-state index in [4.69, 9.17) is 0 Å². The van der Waals surface area contributed by atoms with Crippen LogP contribution in [0.2, 0.25) is 0 Å². The van der Waals surface area contributed by atoms with Crippen LogP contribution in [0.4, 0.5) is 0 Å². The van der Waals surface area contributed by atoms with E-state index < -0.39 is 0 Å². The van der Waals surface area contributed by atoms with Crippen LogP contribution in [-0.2, 0) is 0 Å². The van der Waals surface area contributed by atoms with Crippen molar-refractivity contribution in [2.75, 3.05) is 0 Å². The first-order chi connectivity index (χ1) is 5.83. The maximum atomic E-state index is 2.45. The SMILES string of the molecule is CCCC1=CC2C=CC=C2[C@H]1C. The van der Waals surface area contributed by atoms with Crippen LogP contribution >= 0.6 is 0 Å². The normalized spacial score (nSPS) is 31.8. The van der Waals surface area contributed by atoms with Crippen LogP contribution in [0, 0.1) is 11.8 Å².